The van der Waals surface area contributed by atoms with Gasteiger partial charge in [0.1, 0.15) is 0 Å². The lowest BCUT2D eigenvalue weighted by Crippen LogP contribution is -2.47. The lowest BCUT2D eigenvalue weighted by atomic mass is 9.90. The van der Waals surface area contributed by atoms with Crippen LogP contribution in [0.4, 0.5) is 0 Å². The Kier molecular flexibility index (Phi) is 5.16. The lowest BCUT2D eigenvalue weighted by Gasteiger charge is -2.32. The summed E-state index contributed by atoms with van der Waals surface area (Å²) >= 11 is 0. The second-order valence-electron chi connectivity index (χ2n) is 4.99. The number of aliphatic hydroxyl groups is 1. The highest BCUT2D eigenvalue weighted by molar-refractivity contribution is 5.28. The number of hydrogen-bond donors (Lipinski definition) is 2. The normalized spacial score (nSPS) is 16.5. The molecule has 0 bridgehead atoms. The molecule has 0 saturated heterocycles. The molecule has 0 amide bonds. The van der Waals surface area contributed by atoms with Crippen molar-refractivity contribution in [2.24, 2.45) is 0 Å². The van der Waals surface area contributed by atoms with Crippen LogP contribution in [-0.2, 0) is 12.0 Å². The topological polar surface area (TPSA) is 32.3 Å². The highest BCUT2D eigenvalue weighted by atomic mass is 16.3. The Bertz CT molecular complexity index is 333. The van der Waals surface area contributed by atoms with Gasteiger partial charge in [-0.15, -0.1) is 0 Å². The molecule has 2 unspecified atom stereocenters. The molecule has 2 heteroatoms. The molecule has 0 aliphatic heterocycles. The van der Waals surface area contributed by atoms with Gasteiger partial charge in [-0.2, -0.15) is 0 Å². The van der Waals surface area contributed by atoms with Gasteiger partial charge in [0, 0.05) is 6.04 Å². The summed E-state index contributed by atoms with van der Waals surface area (Å²) in [6, 6.07) is 8.91. The lowest BCUT2D eigenvalue weighted by molar-refractivity contribution is 0.162. The predicted molar refractivity (Wildman–Crippen MR) is 73.1 cm³/mol. The van der Waals surface area contributed by atoms with Crippen molar-refractivity contribution in [1.29, 1.82) is 0 Å². The smallest absolute Gasteiger partial charge is 0.0652 e. The maximum absolute atomic E-state index is 9.65. The molecule has 2 N–H and O–H groups in total. The monoisotopic (exact) mass is 235 g/mol. The maximum Gasteiger partial charge on any atom is 0.0652 e. The van der Waals surface area contributed by atoms with Crippen LogP contribution < -0.4 is 5.32 Å². The summed E-state index contributed by atoms with van der Waals surface area (Å²) in [4.78, 5) is 0. The highest BCUT2D eigenvalue weighted by Crippen LogP contribution is 2.22. The van der Waals surface area contributed by atoms with Crippen LogP contribution >= 0.6 is 0 Å². The van der Waals surface area contributed by atoms with E-state index in [0.717, 1.165) is 18.4 Å². The Hall–Kier alpha value is -0.860. The van der Waals surface area contributed by atoms with Gasteiger partial charge in [-0.3, -0.25) is 0 Å². The first-order chi connectivity index (χ1) is 8.05. The molecule has 0 aliphatic carbocycles. The van der Waals surface area contributed by atoms with Crippen molar-refractivity contribution in [2.45, 2.75) is 52.1 Å². The molecule has 2 nitrogen and oxygen atoms in total. The molecule has 0 aromatic heterocycles. The van der Waals surface area contributed by atoms with Crippen LogP contribution in [-0.4, -0.2) is 17.8 Å². The minimum Gasteiger partial charge on any atom is -0.394 e. The second-order valence-corrected chi connectivity index (χ2v) is 4.99. The van der Waals surface area contributed by atoms with Gasteiger partial charge in [0.25, 0.3) is 0 Å². The minimum absolute atomic E-state index is 0.114. The van der Waals surface area contributed by atoms with E-state index in [1.807, 2.05) is 0 Å². The van der Waals surface area contributed by atoms with Crippen LogP contribution in [0.1, 0.15) is 45.2 Å². The molecule has 1 aromatic carbocycles. The maximum atomic E-state index is 9.65. The Balaban J connectivity index is 2.90. The zero-order chi connectivity index (χ0) is 12.9. The van der Waals surface area contributed by atoms with E-state index in [1.54, 1.807) is 0 Å². The van der Waals surface area contributed by atoms with E-state index in [4.69, 9.17) is 0 Å². The molecule has 0 radical (unpaired) electrons. The quantitative estimate of drug-likeness (QED) is 0.794. The van der Waals surface area contributed by atoms with Crippen LogP contribution in [0, 0.1) is 0 Å². The first-order valence-corrected chi connectivity index (χ1v) is 6.53. The average molecular weight is 235 g/mol. The first-order valence-electron chi connectivity index (χ1n) is 6.53. The fourth-order valence-corrected chi connectivity index (χ4v) is 1.97. The van der Waals surface area contributed by atoms with Crippen LogP contribution in [0.25, 0.3) is 0 Å². The molecule has 0 heterocycles. The third-order valence-corrected chi connectivity index (χ3v) is 3.49. The van der Waals surface area contributed by atoms with E-state index in [1.165, 1.54) is 5.56 Å². The van der Waals surface area contributed by atoms with Gasteiger partial charge in [-0.25, -0.2) is 0 Å². The molecule has 0 spiro atoms. The molecule has 17 heavy (non-hydrogen) atoms. The number of nitrogens with one attached hydrogen (secondary N) is 1. The molecule has 0 saturated carbocycles. The summed E-state index contributed by atoms with van der Waals surface area (Å²) in [5.74, 6) is 0. The van der Waals surface area contributed by atoms with Crippen LogP contribution in [0.2, 0.25) is 0 Å². The molecular formula is C15H25NO. The largest absolute Gasteiger partial charge is 0.394 e. The number of hydrogen-bond acceptors (Lipinski definition) is 2. The summed E-state index contributed by atoms with van der Waals surface area (Å²) in [6.45, 7) is 8.62. The van der Waals surface area contributed by atoms with Crippen molar-refractivity contribution in [1.82, 2.24) is 5.32 Å². The Morgan fingerprint density at radius 3 is 2.24 bits per heavy atom. The second kappa shape index (κ2) is 6.18. The van der Waals surface area contributed by atoms with E-state index in [0.29, 0.717) is 6.04 Å². The first kappa shape index (κ1) is 14.2. The summed E-state index contributed by atoms with van der Waals surface area (Å²) in [5, 5.41) is 13.1. The third-order valence-electron chi connectivity index (χ3n) is 3.49. The van der Waals surface area contributed by atoms with Crippen LogP contribution in [0.15, 0.2) is 24.3 Å². The van der Waals surface area contributed by atoms with Gasteiger partial charge < -0.3 is 10.4 Å². The minimum atomic E-state index is -0.346. The van der Waals surface area contributed by atoms with Gasteiger partial charge in [-0.05, 0) is 37.8 Å². The number of aryl methyl sites for hydroxylation is 1. The Labute approximate surface area is 105 Å². The van der Waals surface area contributed by atoms with E-state index < -0.39 is 0 Å². The molecule has 1 rings (SSSR count). The average Bonchev–Trinajstić information content (AvgIpc) is 2.38. The standard InChI is InChI=1S/C15H25NO/c1-5-12(3)16-15(4,11-17)14-9-7-13(6-2)8-10-14/h7-10,12,16-17H,5-6,11H2,1-4H3. The van der Waals surface area contributed by atoms with Crippen molar-refractivity contribution in [3.05, 3.63) is 35.4 Å². The zero-order valence-electron chi connectivity index (χ0n) is 11.5. The molecule has 96 valence electrons. The van der Waals surface area contributed by atoms with Crippen molar-refractivity contribution in [2.75, 3.05) is 6.61 Å². The van der Waals surface area contributed by atoms with E-state index in [9.17, 15) is 5.11 Å². The SMILES string of the molecule is CCc1ccc(C(C)(CO)NC(C)CC)cc1. The van der Waals surface area contributed by atoms with Gasteiger partial charge in [-0.1, -0.05) is 38.1 Å². The van der Waals surface area contributed by atoms with Crippen molar-refractivity contribution in [3.8, 4) is 0 Å². The van der Waals surface area contributed by atoms with E-state index >= 15 is 0 Å². The van der Waals surface area contributed by atoms with Crippen molar-refractivity contribution in [3.63, 3.8) is 0 Å². The molecule has 0 fully saturated rings. The number of aliphatic hydroxyl groups excluding tert-OH is 1. The Morgan fingerprint density at radius 2 is 1.82 bits per heavy atom. The highest BCUT2D eigenvalue weighted by Gasteiger charge is 2.26. The van der Waals surface area contributed by atoms with Gasteiger partial charge in [0.05, 0.1) is 12.1 Å². The van der Waals surface area contributed by atoms with E-state index in [-0.39, 0.29) is 12.1 Å². The van der Waals surface area contributed by atoms with Crippen molar-refractivity contribution >= 4 is 0 Å². The number of rotatable bonds is 6. The third kappa shape index (κ3) is 3.55. The molecular weight excluding hydrogens is 210 g/mol. The Morgan fingerprint density at radius 1 is 1.24 bits per heavy atom. The van der Waals surface area contributed by atoms with Gasteiger partial charge in [0.2, 0.25) is 0 Å². The fourth-order valence-electron chi connectivity index (χ4n) is 1.97. The van der Waals surface area contributed by atoms with Gasteiger partial charge >= 0.3 is 0 Å². The summed E-state index contributed by atoms with van der Waals surface area (Å²) < 4.78 is 0. The summed E-state index contributed by atoms with van der Waals surface area (Å²) in [5.41, 5.74) is 2.14. The van der Waals surface area contributed by atoms with Gasteiger partial charge in [0.15, 0.2) is 0 Å². The number of benzene rings is 1. The summed E-state index contributed by atoms with van der Waals surface area (Å²) in [6.07, 6.45) is 2.11. The van der Waals surface area contributed by atoms with Crippen molar-refractivity contribution < 1.29 is 5.11 Å². The fraction of sp³-hybridized carbons (Fsp3) is 0.600. The van der Waals surface area contributed by atoms with E-state index in [2.05, 4.69) is 57.3 Å². The zero-order valence-corrected chi connectivity index (χ0v) is 11.5. The molecule has 2 atom stereocenters. The molecule has 1 aromatic rings. The van der Waals surface area contributed by atoms with Crippen LogP contribution in [0.5, 0.6) is 0 Å². The summed E-state index contributed by atoms with van der Waals surface area (Å²) in [7, 11) is 0. The predicted octanol–water partition coefficient (Wildman–Crippen LogP) is 2.84. The molecule has 0 aliphatic rings. The van der Waals surface area contributed by atoms with Crippen LogP contribution in [0.3, 0.4) is 0 Å².